The van der Waals surface area contributed by atoms with Gasteiger partial charge in [-0.15, -0.1) is 11.8 Å². The predicted molar refractivity (Wildman–Crippen MR) is 66.2 cm³/mol. The molecule has 0 amide bonds. The van der Waals surface area contributed by atoms with Gasteiger partial charge in [-0.3, -0.25) is 0 Å². The van der Waals surface area contributed by atoms with E-state index >= 15 is 0 Å². The summed E-state index contributed by atoms with van der Waals surface area (Å²) in [6, 6.07) is 8.96. The molecule has 84 valence electrons. The van der Waals surface area contributed by atoms with Crippen LogP contribution in [0.15, 0.2) is 29.2 Å². The first-order valence-corrected chi connectivity index (χ1v) is 6.27. The van der Waals surface area contributed by atoms with E-state index in [4.69, 9.17) is 5.11 Å². The highest BCUT2D eigenvalue weighted by atomic mass is 32.2. The number of thioether (sulfide) groups is 1. The van der Waals surface area contributed by atoms with Crippen molar-refractivity contribution >= 4 is 11.8 Å². The first kappa shape index (κ1) is 12.6. The molecule has 0 aliphatic rings. The molecule has 15 heavy (non-hydrogen) atoms. The molecular formula is C12H19NOS. The van der Waals surface area contributed by atoms with Crippen LogP contribution in [0.1, 0.15) is 19.4 Å². The van der Waals surface area contributed by atoms with E-state index in [9.17, 15) is 0 Å². The number of nitrogens with one attached hydrogen (secondary N) is 1. The van der Waals surface area contributed by atoms with E-state index in [1.165, 1.54) is 10.5 Å². The molecule has 1 rings (SSSR count). The van der Waals surface area contributed by atoms with Crippen LogP contribution in [0.4, 0.5) is 0 Å². The van der Waals surface area contributed by atoms with Gasteiger partial charge >= 0.3 is 0 Å². The van der Waals surface area contributed by atoms with Gasteiger partial charge < -0.3 is 10.4 Å². The third kappa shape index (κ3) is 5.21. The second-order valence-electron chi connectivity index (χ2n) is 3.76. The molecule has 0 radical (unpaired) electrons. The monoisotopic (exact) mass is 225 g/mol. The molecule has 2 nitrogen and oxygen atoms in total. The summed E-state index contributed by atoms with van der Waals surface area (Å²) in [6.45, 7) is 5.43. The first-order valence-electron chi connectivity index (χ1n) is 5.28. The van der Waals surface area contributed by atoms with Crippen molar-refractivity contribution in [1.29, 1.82) is 0 Å². The van der Waals surface area contributed by atoms with Gasteiger partial charge in [-0.25, -0.2) is 0 Å². The summed E-state index contributed by atoms with van der Waals surface area (Å²) in [5.74, 6) is 0.765. The van der Waals surface area contributed by atoms with Crippen LogP contribution in [0.2, 0.25) is 0 Å². The van der Waals surface area contributed by atoms with E-state index in [1.807, 2.05) is 0 Å². The Labute approximate surface area is 96.1 Å². The van der Waals surface area contributed by atoms with E-state index in [-0.39, 0.29) is 6.61 Å². The summed E-state index contributed by atoms with van der Waals surface area (Å²) in [7, 11) is 0. The zero-order valence-corrected chi connectivity index (χ0v) is 10.2. The van der Waals surface area contributed by atoms with Crippen LogP contribution in [-0.2, 0) is 6.54 Å². The van der Waals surface area contributed by atoms with Crippen molar-refractivity contribution in [2.24, 2.45) is 0 Å². The molecule has 0 heterocycles. The normalized spacial score (nSPS) is 10.9. The molecule has 3 heteroatoms. The van der Waals surface area contributed by atoms with E-state index < -0.39 is 0 Å². The number of aliphatic hydroxyl groups excluding tert-OH is 1. The van der Waals surface area contributed by atoms with E-state index in [0.717, 1.165) is 12.3 Å². The number of aliphatic hydroxyl groups is 1. The fraction of sp³-hybridized carbons (Fsp3) is 0.500. The van der Waals surface area contributed by atoms with Crippen molar-refractivity contribution in [3.8, 4) is 0 Å². The highest BCUT2D eigenvalue weighted by Crippen LogP contribution is 2.18. The zero-order chi connectivity index (χ0) is 11.1. The lowest BCUT2D eigenvalue weighted by atomic mass is 10.2. The molecule has 0 bridgehead atoms. The quantitative estimate of drug-likeness (QED) is 0.728. The summed E-state index contributed by atoms with van der Waals surface area (Å²) in [4.78, 5) is 1.23. The second-order valence-corrected chi connectivity index (χ2v) is 4.92. The molecular weight excluding hydrogens is 206 g/mol. The Balaban J connectivity index is 2.50. The third-order valence-corrected chi connectivity index (χ3v) is 2.95. The topological polar surface area (TPSA) is 32.3 Å². The average Bonchev–Trinajstić information content (AvgIpc) is 2.24. The molecule has 0 fully saturated rings. The number of rotatable bonds is 6. The summed E-state index contributed by atoms with van der Waals surface area (Å²) >= 11 is 1.69. The van der Waals surface area contributed by atoms with Crippen LogP contribution in [0, 0.1) is 0 Å². The smallest absolute Gasteiger partial charge is 0.0525 e. The Morgan fingerprint density at radius 3 is 2.87 bits per heavy atom. The van der Waals surface area contributed by atoms with Crippen LogP contribution in [0.3, 0.4) is 0 Å². The fourth-order valence-electron chi connectivity index (χ4n) is 1.23. The zero-order valence-electron chi connectivity index (χ0n) is 9.36. The number of benzene rings is 1. The molecule has 0 aliphatic carbocycles. The molecule has 0 atom stereocenters. The van der Waals surface area contributed by atoms with Crippen LogP contribution < -0.4 is 5.32 Å². The van der Waals surface area contributed by atoms with Crippen molar-refractivity contribution in [2.75, 3.05) is 12.4 Å². The Hall–Kier alpha value is -0.510. The SMILES string of the molecule is CC(C)NCc1cccc(SCCO)c1. The predicted octanol–water partition coefficient (Wildman–Crippen LogP) is 2.27. The summed E-state index contributed by atoms with van der Waals surface area (Å²) in [5, 5.41) is 12.1. The molecule has 1 aromatic rings. The van der Waals surface area contributed by atoms with Gasteiger partial charge in [-0.05, 0) is 17.7 Å². The fourth-order valence-corrected chi connectivity index (χ4v) is 1.97. The summed E-state index contributed by atoms with van der Waals surface area (Å²) in [5.41, 5.74) is 1.30. The summed E-state index contributed by atoms with van der Waals surface area (Å²) in [6.07, 6.45) is 0. The van der Waals surface area contributed by atoms with Gasteiger partial charge in [0.25, 0.3) is 0 Å². The van der Waals surface area contributed by atoms with Gasteiger partial charge in [-0.1, -0.05) is 26.0 Å². The van der Waals surface area contributed by atoms with Gasteiger partial charge in [0.1, 0.15) is 0 Å². The third-order valence-electron chi connectivity index (χ3n) is 1.97. The van der Waals surface area contributed by atoms with E-state index in [2.05, 4.69) is 43.4 Å². The van der Waals surface area contributed by atoms with Crippen molar-refractivity contribution < 1.29 is 5.11 Å². The largest absolute Gasteiger partial charge is 0.396 e. The molecule has 0 spiro atoms. The highest BCUT2D eigenvalue weighted by Gasteiger charge is 1.97. The van der Waals surface area contributed by atoms with Gasteiger partial charge in [0.2, 0.25) is 0 Å². The molecule has 0 unspecified atom stereocenters. The Morgan fingerprint density at radius 1 is 1.40 bits per heavy atom. The molecule has 0 aliphatic heterocycles. The van der Waals surface area contributed by atoms with E-state index in [0.29, 0.717) is 6.04 Å². The maximum atomic E-state index is 8.74. The molecule has 0 saturated heterocycles. The van der Waals surface area contributed by atoms with Gasteiger partial charge in [0.05, 0.1) is 6.61 Å². The second kappa shape index (κ2) is 6.88. The summed E-state index contributed by atoms with van der Waals surface area (Å²) < 4.78 is 0. The highest BCUT2D eigenvalue weighted by molar-refractivity contribution is 7.99. The maximum absolute atomic E-state index is 8.74. The first-order chi connectivity index (χ1) is 7.22. The molecule has 1 aromatic carbocycles. The maximum Gasteiger partial charge on any atom is 0.0525 e. The van der Waals surface area contributed by atoms with Gasteiger partial charge in [-0.2, -0.15) is 0 Å². The van der Waals surface area contributed by atoms with Crippen LogP contribution in [-0.4, -0.2) is 23.5 Å². The van der Waals surface area contributed by atoms with Gasteiger partial charge in [0.15, 0.2) is 0 Å². The van der Waals surface area contributed by atoms with Crippen molar-refractivity contribution in [3.63, 3.8) is 0 Å². The minimum atomic E-state index is 0.235. The Kier molecular flexibility index (Phi) is 5.76. The lowest BCUT2D eigenvalue weighted by molar-refractivity contribution is 0.322. The molecule has 2 N–H and O–H groups in total. The van der Waals surface area contributed by atoms with Crippen molar-refractivity contribution in [1.82, 2.24) is 5.32 Å². The van der Waals surface area contributed by atoms with Gasteiger partial charge in [0, 0.05) is 23.2 Å². The lowest BCUT2D eigenvalue weighted by Gasteiger charge is -2.09. The Morgan fingerprint density at radius 2 is 2.20 bits per heavy atom. The Bertz CT molecular complexity index is 289. The lowest BCUT2D eigenvalue weighted by Crippen LogP contribution is -2.21. The number of hydrogen-bond donors (Lipinski definition) is 2. The standard InChI is InChI=1S/C12H19NOS/c1-10(2)13-9-11-4-3-5-12(8-11)15-7-6-14/h3-5,8,10,13-14H,6-7,9H2,1-2H3. The van der Waals surface area contributed by atoms with E-state index in [1.54, 1.807) is 11.8 Å². The minimum absolute atomic E-state index is 0.235. The van der Waals surface area contributed by atoms with Crippen LogP contribution in [0.5, 0.6) is 0 Å². The van der Waals surface area contributed by atoms with Crippen LogP contribution >= 0.6 is 11.8 Å². The van der Waals surface area contributed by atoms with Crippen molar-refractivity contribution in [2.45, 2.75) is 31.3 Å². The molecule has 0 saturated carbocycles. The molecule has 0 aromatic heterocycles. The van der Waals surface area contributed by atoms with Crippen LogP contribution in [0.25, 0.3) is 0 Å². The minimum Gasteiger partial charge on any atom is -0.396 e. The average molecular weight is 225 g/mol. The number of hydrogen-bond acceptors (Lipinski definition) is 3. The van der Waals surface area contributed by atoms with Crippen molar-refractivity contribution in [3.05, 3.63) is 29.8 Å².